The Hall–Kier alpha value is -1.64. The van der Waals surface area contributed by atoms with Crippen molar-refractivity contribution in [2.45, 2.75) is 32.7 Å². The van der Waals surface area contributed by atoms with Gasteiger partial charge < -0.3 is 4.90 Å². The summed E-state index contributed by atoms with van der Waals surface area (Å²) in [5.41, 5.74) is 2.08. The lowest BCUT2D eigenvalue weighted by atomic mass is 10.1. The van der Waals surface area contributed by atoms with E-state index in [-0.39, 0.29) is 11.8 Å². The Morgan fingerprint density at radius 1 is 1.59 bits per heavy atom. The van der Waals surface area contributed by atoms with Gasteiger partial charge in [-0.25, -0.2) is 4.99 Å². The number of Topliss-reactive ketones (excluding diaryl/α,β-unsaturated/α-hetero) is 1. The van der Waals surface area contributed by atoms with Gasteiger partial charge >= 0.3 is 0 Å². The number of carbonyl (C=O) groups excluding carboxylic acids is 1. The van der Waals surface area contributed by atoms with Crippen molar-refractivity contribution >= 4 is 11.6 Å². The Morgan fingerprint density at radius 2 is 2.35 bits per heavy atom. The molecular weight excluding hydrogens is 212 g/mol. The van der Waals surface area contributed by atoms with Gasteiger partial charge in [-0.2, -0.15) is 0 Å². The number of nitrogens with zero attached hydrogens (tertiary/aromatic N) is 2. The monoisotopic (exact) mass is 230 g/mol. The van der Waals surface area contributed by atoms with Gasteiger partial charge in [0.15, 0.2) is 5.78 Å². The zero-order chi connectivity index (χ0) is 12.4. The van der Waals surface area contributed by atoms with E-state index in [0.29, 0.717) is 0 Å². The standard InChI is InChI=1S/C14H18N2O/c1-4-6-11-9-16-13(10(3)17)7-8-14(16)15-12(11)5-2/h4-6,13H,2,7-9H2,1,3H3/b6-4-. The quantitative estimate of drug-likeness (QED) is 0.746. The Labute approximate surface area is 102 Å². The van der Waals surface area contributed by atoms with Gasteiger partial charge in [0.1, 0.15) is 5.84 Å². The van der Waals surface area contributed by atoms with E-state index in [9.17, 15) is 4.79 Å². The molecule has 1 unspecified atom stereocenters. The summed E-state index contributed by atoms with van der Waals surface area (Å²) in [6.07, 6.45) is 7.62. The molecule has 0 spiro atoms. The van der Waals surface area contributed by atoms with Gasteiger partial charge in [-0.1, -0.05) is 18.7 Å². The molecule has 0 aromatic carbocycles. The van der Waals surface area contributed by atoms with Crippen LogP contribution in [0.4, 0.5) is 0 Å². The number of amidine groups is 1. The van der Waals surface area contributed by atoms with Crippen LogP contribution in [0.1, 0.15) is 26.7 Å². The molecule has 17 heavy (non-hydrogen) atoms. The van der Waals surface area contributed by atoms with Gasteiger partial charge in [-0.3, -0.25) is 4.79 Å². The second-order valence-electron chi connectivity index (χ2n) is 4.44. The largest absolute Gasteiger partial charge is 0.346 e. The summed E-state index contributed by atoms with van der Waals surface area (Å²) in [5.74, 6) is 1.27. The number of fused-ring (bicyclic) bond motifs is 1. The van der Waals surface area contributed by atoms with Crippen molar-refractivity contribution in [3.05, 3.63) is 36.1 Å². The second-order valence-corrected chi connectivity index (χ2v) is 4.44. The summed E-state index contributed by atoms with van der Waals surface area (Å²) in [4.78, 5) is 18.3. The highest BCUT2D eigenvalue weighted by Crippen LogP contribution is 2.28. The fourth-order valence-corrected chi connectivity index (χ4v) is 2.48. The summed E-state index contributed by atoms with van der Waals surface area (Å²) in [7, 11) is 0. The lowest BCUT2D eigenvalue weighted by molar-refractivity contribution is -0.120. The molecule has 2 aliphatic rings. The third kappa shape index (κ3) is 2.09. The molecule has 1 saturated heterocycles. The predicted octanol–water partition coefficient (Wildman–Crippen LogP) is 2.47. The first-order valence-corrected chi connectivity index (χ1v) is 6.00. The molecule has 0 radical (unpaired) electrons. The third-order valence-corrected chi connectivity index (χ3v) is 3.30. The second kappa shape index (κ2) is 4.70. The molecular formula is C14H18N2O. The third-order valence-electron chi connectivity index (χ3n) is 3.30. The molecule has 0 N–H and O–H groups in total. The van der Waals surface area contributed by atoms with E-state index in [2.05, 4.69) is 16.5 Å². The maximum Gasteiger partial charge on any atom is 0.152 e. The Kier molecular flexibility index (Phi) is 3.27. The number of hydrogen-bond donors (Lipinski definition) is 0. The van der Waals surface area contributed by atoms with Crippen LogP contribution in [-0.4, -0.2) is 29.1 Å². The molecule has 0 aliphatic carbocycles. The van der Waals surface area contributed by atoms with Crippen molar-refractivity contribution < 1.29 is 4.79 Å². The van der Waals surface area contributed by atoms with Crippen molar-refractivity contribution in [3.63, 3.8) is 0 Å². The van der Waals surface area contributed by atoms with Gasteiger partial charge in [0.2, 0.25) is 0 Å². The van der Waals surface area contributed by atoms with Crippen LogP contribution in [0, 0.1) is 0 Å². The first-order chi connectivity index (χ1) is 8.17. The van der Waals surface area contributed by atoms with Crippen molar-refractivity contribution in [3.8, 4) is 0 Å². The van der Waals surface area contributed by atoms with E-state index in [1.165, 1.54) is 0 Å². The number of aliphatic imine (C=N–C) groups is 1. The first-order valence-electron chi connectivity index (χ1n) is 6.00. The van der Waals surface area contributed by atoms with E-state index >= 15 is 0 Å². The van der Waals surface area contributed by atoms with Gasteiger partial charge in [0.25, 0.3) is 0 Å². The average Bonchev–Trinajstić information content (AvgIpc) is 2.71. The zero-order valence-electron chi connectivity index (χ0n) is 10.4. The van der Waals surface area contributed by atoms with E-state index in [0.717, 1.165) is 36.5 Å². The van der Waals surface area contributed by atoms with Crippen molar-refractivity contribution in [1.29, 1.82) is 0 Å². The molecule has 3 heteroatoms. The van der Waals surface area contributed by atoms with Gasteiger partial charge in [0, 0.05) is 13.0 Å². The molecule has 2 rings (SSSR count). The molecule has 0 aromatic heterocycles. The van der Waals surface area contributed by atoms with Gasteiger partial charge in [-0.15, -0.1) is 0 Å². The fraction of sp³-hybridized carbons (Fsp3) is 0.429. The molecule has 1 fully saturated rings. The molecule has 3 nitrogen and oxygen atoms in total. The van der Waals surface area contributed by atoms with Crippen LogP contribution in [-0.2, 0) is 4.79 Å². The van der Waals surface area contributed by atoms with Crippen LogP contribution in [0.3, 0.4) is 0 Å². The smallest absolute Gasteiger partial charge is 0.152 e. The minimum atomic E-state index is 0.0142. The minimum Gasteiger partial charge on any atom is -0.346 e. The highest BCUT2D eigenvalue weighted by atomic mass is 16.1. The van der Waals surface area contributed by atoms with Crippen molar-refractivity contribution in [2.75, 3.05) is 6.54 Å². The summed E-state index contributed by atoms with van der Waals surface area (Å²) in [5, 5.41) is 0. The summed E-state index contributed by atoms with van der Waals surface area (Å²) in [6, 6.07) is 0.0142. The maximum atomic E-state index is 11.6. The topological polar surface area (TPSA) is 32.7 Å². The first kappa shape index (κ1) is 11.8. The van der Waals surface area contributed by atoms with E-state index < -0.39 is 0 Å². The summed E-state index contributed by atoms with van der Waals surface area (Å²) in [6.45, 7) is 8.22. The Bertz CT molecular complexity index is 443. The van der Waals surface area contributed by atoms with Crippen LogP contribution in [0.15, 0.2) is 41.1 Å². The van der Waals surface area contributed by atoms with Crippen LogP contribution >= 0.6 is 0 Å². The molecule has 90 valence electrons. The highest BCUT2D eigenvalue weighted by molar-refractivity contribution is 5.95. The minimum absolute atomic E-state index is 0.0142. The number of allylic oxidation sites excluding steroid dienone is 2. The van der Waals surface area contributed by atoms with Gasteiger partial charge in [0.05, 0.1) is 11.7 Å². The molecule has 0 aromatic rings. The molecule has 2 heterocycles. The van der Waals surface area contributed by atoms with E-state index in [1.54, 1.807) is 13.0 Å². The van der Waals surface area contributed by atoms with Crippen LogP contribution < -0.4 is 0 Å². The van der Waals surface area contributed by atoms with E-state index in [1.807, 2.05) is 19.1 Å². The number of ketones is 1. The zero-order valence-corrected chi connectivity index (χ0v) is 10.4. The molecule has 0 bridgehead atoms. The number of hydrogen-bond acceptors (Lipinski definition) is 3. The highest BCUT2D eigenvalue weighted by Gasteiger charge is 2.34. The number of carbonyl (C=O) groups is 1. The van der Waals surface area contributed by atoms with Crippen molar-refractivity contribution in [2.24, 2.45) is 4.99 Å². The molecule has 0 amide bonds. The van der Waals surface area contributed by atoms with Crippen molar-refractivity contribution in [1.82, 2.24) is 4.90 Å². The van der Waals surface area contributed by atoms with Gasteiger partial charge in [-0.05, 0) is 31.9 Å². The summed E-state index contributed by atoms with van der Waals surface area (Å²) >= 11 is 0. The average molecular weight is 230 g/mol. The summed E-state index contributed by atoms with van der Waals surface area (Å²) < 4.78 is 0. The van der Waals surface area contributed by atoms with Crippen LogP contribution in [0.25, 0.3) is 0 Å². The molecule has 0 saturated carbocycles. The van der Waals surface area contributed by atoms with Crippen LogP contribution in [0.5, 0.6) is 0 Å². The molecule has 2 aliphatic heterocycles. The SMILES string of the molecule is C=CC1=C(/C=C\C)CN2C(=N1)CCC2C(C)=O. The predicted molar refractivity (Wildman–Crippen MR) is 69.9 cm³/mol. The van der Waals surface area contributed by atoms with E-state index in [4.69, 9.17) is 0 Å². The van der Waals surface area contributed by atoms with Crippen LogP contribution in [0.2, 0.25) is 0 Å². The Balaban J connectivity index is 2.33. The lowest BCUT2D eigenvalue weighted by Gasteiger charge is -2.29. The fourth-order valence-electron chi connectivity index (χ4n) is 2.48. The number of rotatable bonds is 3. The Morgan fingerprint density at radius 3 is 2.94 bits per heavy atom. The lowest BCUT2D eigenvalue weighted by Crippen LogP contribution is -2.40. The molecule has 1 atom stereocenters. The normalized spacial score (nSPS) is 24.0. The maximum absolute atomic E-state index is 11.6.